The molecule has 0 spiro atoms. The Morgan fingerprint density at radius 3 is 2.63 bits per heavy atom. The van der Waals surface area contributed by atoms with E-state index >= 15 is 0 Å². The van der Waals surface area contributed by atoms with E-state index in [2.05, 4.69) is 4.99 Å². The van der Waals surface area contributed by atoms with E-state index in [4.69, 9.17) is 9.15 Å². The molecule has 0 saturated heterocycles. The van der Waals surface area contributed by atoms with Crippen LogP contribution in [0.3, 0.4) is 0 Å². The number of benzene rings is 1. The number of aromatic nitrogens is 1. The summed E-state index contributed by atoms with van der Waals surface area (Å²) in [6, 6.07) is 9.14. The van der Waals surface area contributed by atoms with Gasteiger partial charge in [-0.1, -0.05) is 29.5 Å². The van der Waals surface area contributed by atoms with E-state index in [1.165, 1.54) is 29.9 Å². The van der Waals surface area contributed by atoms with Gasteiger partial charge >= 0.3 is 5.88 Å². The summed E-state index contributed by atoms with van der Waals surface area (Å²) in [5.41, 5.74) is 1.17. The number of rotatable bonds is 7. The first-order chi connectivity index (χ1) is 16.8. The van der Waals surface area contributed by atoms with E-state index < -0.39 is 16.8 Å². The lowest BCUT2D eigenvalue weighted by molar-refractivity contribution is -0.402. The van der Waals surface area contributed by atoms with Gasteiger partial charge in [-0.05, 0) is 32.9 Å². The number of nitro groups is 1. The second kappa shape index (κ2) is 9.71. The number of thiazole rings is 1. The maximum absolute atomic E-state index is 13.6. The third-order valence-corrected chi connectivity index (χ3v) is 6.79. The number of allylic oxidation sites excluding steroid dienone is 1. The van der Waals surface area contributed by atoms with Gasteiger partial charge < -0.3 is 14.1 Å². The Hall–Kier alpha value is -3.99. The minimum atomic E-state index is -0.761. The third kappa shape index (κ3) is 4.30. The van der Waals surface area contributed by atoms with Crippen LogP contribution in [0.5, 0.6) is 5.75 Å². The molecule has 1 amide bonds. The molecule has 1 aliphatic heterocycles. The third-order valence-electron chi connectivity index (χ3n) is 5.80. The first-order valence-corrected chi connectivity index (χ1v) is 11.8. The number of amides is 1. The van der Waals surface area contributed by atoms with Gasteiger partial charge in [0.05, 0.1) is 29.0 Å². The maximum atomic E-state index is 13.6. The molecule has 0 radical (unpaired) electrons. The number of hydrogen-bond acceptors (Lipinski definition) is 8. The molecule has 35 heavy (non-hydrogen) atoms. The van der Waals surface area contributed by atoms with Crippen molar-refractivity contribution in [3.8, 4) is 5.75 Å². The molecule has 4 rings (SSSR count). The van der Waals surface area contributed by atoms with E-state index in [9.17, 15) is 19.7 Å². The van der Waals surface area contributed by atoms with Gasteiger partial charge in [-0.25, -0.2) is 4.99 Å². The zero-order valence-corrected chi connectivity index (χ0v) is 20.5. The molecule has 182 valence electrons. The summed E-state index contributed by atoms with van der Waals surface area (Å²) in [4.78, 5) is 44.3. The van der Waals surface area contributed by atoms with Crippen molar-refractivity contribution >= 4 is 29.2 Å². The summed E-state index contributed by atoms with van der Waals surface area (Å²) in [5, 5.41) is 11.0. The van der Waals surface area contributed by atoms with Gasteiger partial charge in [0.2, 0.25) is 0 Å². The van der Waals surface area contributed by atoms with Crippen LogP contribution in [0.25, 0.3) is 6.08 Å². The van der Waals surface area contributed by atoms with Gasteiger partial charge in [0, 0.05) is 24.7 Å². The Balaban J connectivity index is 1.97. The van der Waals surface area contributed by atoms with Gasteiger partial charge in [0.15, 0.2) is 4.80 Å². The Morgan fingerprint density at radius 2 is 2.00 bits per heavy atom. The zero-order chi connectivity index (χ0) is 25.3. The molecule has 0 unspecified atom stereocenters. The summed E-state index contributed by atoms with van der Waals surface area (Å²) in [6.07, 6.45) is 1.45. The molecular formula is C24H24N4O6S. The second-order valence-electron chi connectivity index (χ2n) is 7.73. The van der Waals surface area contributed by atoms with Gasteiger partial charge in [-0.2, -0.15) is 0 Å². The van der Waals surface area contributed by atoms with Crippen molar-refractivity contribution in [3.05, 3.63) is 88.8 Å². The number of fused-ring (bicyclic) bond motifs is 1. The highest BCUT2D eigenvalue weighted by Crippen LogP contribution is 2.36. The zero-order valence-electron chi connectivity index (χ0n) is 19.7. The fourth-order valence-electron chi connectivity index (χ4n) is 4.11. The number of para-hydroxylation sites is 1. The van der Waals surface area contributed by atoms with Crippen molar-refractivity contribution in [1.29, 1.82) is 0 Å². The highest BCUT2D eigenvalue weighted by Gasteiger charge is 2.35. The number of nitrogens with zero attached hydrogens (tertiary/aromatic N) is 4. The van der Waals surface area contributed by atoms with Crippen LogP contribution in [0.2, 0.25) is 0 Å². The second-order valence-corrected chi connectivity index (χ2v) is 8.74. The predicted octanol–water partition coefficient (Wildman–Crippen LogP) is 2.61. The molecule has 0 fully saturated rings. The minimum Gasteiger partial charge on any atom is -0.496 e. The first-order valence-electron chi connectivity index (χ1n) is 11.0. The number of carbonyl (C=O) groups excluding carboxylic acids is 1. The number of methoxy groups -OCH3 is 1. The molecule has 0 bridgehead atoms. The Morgan fingerprint density at radius 1 is 1.29 bits per heavy atom. The van der Waals surface area contributed by atoms with Gasteiger partial charge in [-0.3, -0.25) is 24.3 Å². The predicted molar refractivity (Wildman–Crippen MR) is 130 cm³/mol. The highest BCUT2D eigenvalue weighted by atomic mass is 32.1. The van der Waals surface area contributed by atoms with Crippen LogP contribution in [-0.2, 0) is 4.79 Å². The summed E-state index contributed by atoms with van der Waals surface area (Å²) in [5.74, 6) is 0.0845. The number of carbonyl (C=O) groups is 1. The molecule has 1 aromatic carbocycles. The van der Waals surface area contributed by atoms with Gasteiger partial charge in [0.1, 0.15) is 22.5 Å². The largest absolute Gasteiger partial charge is 0.496 e. The van der Waals surface area contributed by atoms with Crippen molar-refractivity contribution in [2.75, 3.05) is 20.2 Å². The van der Waals surface area contributed by atoms with E-state index in [1.807, 2.05) is 32.0 Å². The normalized spacial score (nSPS) is 15.5. The Kier molecular flexibility index (Phi) is 6.70. The Bertz CT molecular complexity index is 1510. The van der Waals surface area contributed by atoms with Gasteiger partial charge in [-0.15, -0.1) is 0 Å². The van der Waals surface area contributed by atoms with Crippen LogP contribution in [0, 0.1) is 10.1 Å². The highest BCUT2D eigenvalue weighted by molar-refractivity contribution is 7.07. The van der Waals surface area contributed by atoms with Crippen molar-refractivity contribution in [1.82, 2.24) is 9.47 Å². The molecule has 0 saturated carbocycles. The lowest BCUT2D eigenvalue weighted by Crippen LogP contribution is -2.43. The Labute approximate surface area is 204 Å². The first kappa shape index (κ1) is 24.1. The van der Waals surface area contributed by atoms with Crippen LogP contribution in [-0.4, -0.2) is 40.5 Å². The molecular weight excluding hydrogens is 472 g/mol. The maximum Gasteiger partial charge on any atom is 0.433 e. The SMILES string of the molecule is CCN(CC)C(=O)C1=C(C)N=c2s/c(=C/c3ccc([N+](=O)[O-])o3)c(=O)n2[C@H]1c1ccccc1OC. The van der Waals surface area contributed by atoms with Crippen LogP contribution in [0.4, 0.5) is 5.88 Å². The summed E-state index contributed by atoms with van der Waals surface area (Å²) in [7, 11) is 1.54. The number of ether oxygens (including phenoxy) is 1. The lowest BCUT2D eigenvalue weighted by atomic mass is 9.94. The average molecular weight is 497 g/mol. The molecule has 10 nitrogen and oxygen atoms in total. The lowest BCUT2D eigenvalue weighted by Gasteiger charge is -2.29. The number of hydrogen-bond donors (Lipinski definition) is 0. The van der Waals surface area contributed by atoms with E-state index in [-0.39, 0.29) is 21.8 Å². The van der Waals surface area contributed by atoms with Crippen molar-refractivity contribution in [2.24, 2.45) is 4.99 Å². The molecule has 0 aliphatic carbocycles. The average Bonchev–Trinajstić information content (AvgIpc) is 3.43. The molecule has 11 heteroatoms. The summed E-state index contributed by atoms with van der Waals surface area (Å²) in [6.45, 7) is 6.56. The number of likely N-dealkylation sites (N-methyl/N-ethyl adjacent to an activating group) is 1. The molecule has 1 aliphatic rings. The minimum absolute atomic E-state index is 0.172. The standard InChI is InChI=1S/C24H24N4O6S/c1-5-26(6-2)23(30)20-14(3)25-24-27(21(20)16-9-7-8-10-17(16)33-4)22(29)18(35-24)13-15-11-12-19(34-15)28(31)32/h7-13,21H,5-6H2,1-4H3/b18-13+/t21-/m0/s1. The van der Waals surface area contributed by atoms with Crippen LogP contribution in [0.15, 0.2) is 61.9 Å². The van der Waals surface area contributed by atoms with Crippen LogP contribution in [0.1, 0.15) is 38.1 Å². The van der Waals surface area contributed by atoms with Crippen molar-refractivity contribution < 1.29 is 18.9 Å². The van der Waals surface area contributed by atoms with Gasteiger partial charge in [0.25, 0.3) is 11.5 Å². The number of furan rings is 1. The van der Waals surface area contributed by atoms with Crippen LogP contribution >= 0.6 is 11.3 Å². The molecule has 2 aromatic heterocycles. The van der Waals surface area contributed by atoms with E-state index in [0.29, 0.717) is 40.5 Å². The summed E-state index contributed by atoms with van der Waals surface area (Å²) < 4.78 is 12.5. The summed E-state index contributed by atoms with van der Waals surface area (Å²) >= 11 is 1.12. The van der Waals surface area contributed by atoms with E-state index in [1.54, 1.807) is 17.9 Å². The molecule has 3 heterocycles. The van der Waals surface area contributed by atoms with Crippen molar-refractivity contribution in [3.63, 3.8) is 0 Å². The van der Waals surface area contributed by atoms with E-state index in [0.717, 1.165) is 11.3 Å². The fourth-order valence-corrected chi connectivity index (χ4v) is 5.14. The van der Waals surface area contributed by atoms with Crippen molar-refractivity contribution in [2.45, 2.75) is 26.8 Å². The fraction of sp³-hybridized carbons (Fsp3) is 0.292. The van der Waals surface area contributed by atoms with Crippen LogP contribution < -0.4 is 19.6 Å². The smallest absolute Gasteiger partial charge is 0.433 e. The molecule has 3 aromatic rings. The monoisotopic (exact) mass is 496 g/mol. The molecule has 0 N–H and O–H groups in total. The topological polar surface area (TPSA) is 120 Å². The molecule has 1 atom stereocenters. The quantitative estimate of drug-likeness (QED) is 0.366.